The van der Waals surface area contributed by atoms with Crippen molar-refractivity contribution in [3.63, 3.8) is 0 Å². The number of nitrogens with zero attached hydrogens (tertiary/aromatic N) is 1. The molecule has 0 aromatic heterocycles. The summed E-state index contributed by atoms with van der Waals surface area (Å²) in [6.45, 7) is 2.30. The number of carbonyl (C=O) groups excluding carboxylic acids is 1. The summed E-state index contributed by atoms with van der Waals surface area (Å²) in [6.07, 6.45) is -3.26. The van der Waals surface area contributed by atoms with E-state index in [0.717, 1.165) is 38.1 Å². The molecular formula is C23H27F3N2O3. The molecule has 1 aliphatic rings. The van der Waals surface area contributed by atoms with Gasteiger partial charge in [-0.25, -0.2) is 0 Å². The standard InChI is InChI=1S/C23H27F3N2O3/c1-31-19-10-6-17(7-11-19)22(30)20(15-28-12-2-3-13-28)27-21(29)14-16-4-8-18(9-5-16)23(24,25)26/h4-11,20,22,30H,2-3,12-15H2,1H3,(H,27,29). The number of benzene rings is 2. The second kappa shape index (κ2) is 10.2. The van der Waals surface area contributed by atoms with E-state index in [1.54, 1.807) is 31.4 Å². The molecule has 1 heterocycles. The Morgan fingerprint density at radius 2 is 1.71 bits per heavy atom. The lowest BCUT2D eigenvalue weighted by molar-refractivity contribution is -0.137. The summed E-state index contributed by atoms with van der Waals surface area (Å²) in [5.74, 6) is 0.315. The van der Waals surface area contributed by atoms with Crippen LogP contribution in [0.25, 0.3) is 0 Å². The number of rotatable bonds is 8. The minimum atomic E-state index is -4.41. The van der Waals surface area contributed by atoms with E-state index in [1.807, 2.05) is 0 Å². The maximum Gasteiger partial charge on any atom is 0.416 e. The summed E-state index contributed by atoms with van der Waals surface area (Å²) < 4.78 is 43.3. The van der Waals surface area contributed by atoms with E-state index < -0.39 is 23.9 Å². The van der Waals surface area contributed by atoms with Gasteiger partial charge in [0.15, 0.2) is 0 Å². The monoisotopic (exact) mass is 436 g/mol. The van der Waals surface area contributed by atoms with Gasteiger partial charge in [-0.05, 0) is 61.3 Å². The van der Waals surface area contributed by atoms with Gasteiger partial charge >= 0.3 is 6.18 Å². The minimum absolute atomic E-state index is 0.0655. The second-order valence-electron chi connectivity index (χ2n) is 7.77. The Kier molecular flexibility index (Phi) is 7.56. The number of hydrogen-bond acceptors (Lipinski definition) is 4. The summed E-state index contributed by atoms with van der Waals surface area (Å²) in [5.41, 5.74) is 0.377. The molecule has 0 saturated carbocycles. The number of hydrogen-bond donors (Lipinski definition) is 2. The van der Waals surface area contributed by atoms with Gasteiger partial charge in [-0.1, -0.05) is 24.3 Å². The molecule has 1 saturated heterocycles. The third kappa shape index (κ3) is 6.45. The van der Waals surface area contributed by atoms with Crippen LogP contribution >= 0.6 is 0 Å². The van der Waals surface area contributed by atoms with Crippen LogP contribution in [0, 0.1) is 0 Å². The Morgan fingerprint density at radius 3 is 2.26 bits per heavy atom. The van der Waals surface area contributed by atoms with Gasteiger partial charge in [-0.15, -0.1) is 0 Å². The number of aliphatic hydroxyl groups excluding tert-OH is 1. The van der Waals surface area contributed by atoms with Crippen LogP contribution in [0.3, 0.4) is 0 Å². The van der Waals surface area contributed by atoms with Crippen molar-refractivity contribution in [1.29, 1.82) is 0 Å². The Hall–Kier alpha value is -2.58. The van der Waals surface area contributed by atoms with Crippen LogP contribution in [0.5, 0.6) is 5.75 Å². The lowest BCUT2D eigenvalue weighted by Gasteiger charge is -2.29. The molecule has 5 nitrogen and oxygen atoms in total. The molecule has 0 radical (unpaired) electrons. The number of methoxy groups -OCH3 is 1. The van der Waals surface area contributed by atoms with Gasteiger partial charge in [0.1, 0.15) is 11.9 Å². The summed E-state index contributed by atoms with van der Waals surface area (Å²) in [5, 5.41) is 13.8. The third-order valence-corrected chi connectivity index (χ3v) is 5.48. The summed E-state index contributed by atoms with van der Waals surface area (Å²) in [4.78, 5) is 14.8. The van der Waals surface area contributed by atoms with Gasteiger partial charge in [0, 0.05) is 6.54 Å². The number of amides is 1. The first-order valence-electron chi connectivity index (χ1n) is 10.3. The van der Waals surface area contributed by atoms with Crippen molar-refractivity contribution in [2.24, 2.45) is 0 Å². The molecule has 1 fully saturated rings. The van der Waals surface area contributed by atoms with Crippen LogP contribution in [0.2, 0.25) is 0 Å². The SMILES string of the molecule is COc1ccc(C(O)C(CN2CCCC2)NC(=O)Cc2ccc(C(F)(F)F)cc2)cc1. The zero-order valence-electron chi connectivity index (χ0n) is 17.4. The maximum atomic E-state index is 12.7. The summed E-state index contributed by atoms with van der Waals surface area (Å²) in [7, 11) is 1.56. The van der Waals surface area contributed by atoms with Crippen molar-refractivity contribution >= 4 is 5.91 Å². The molecule has 8 heteroatoms. The first kappa shape index (κ1) is 23.1. The molecule has 0 spiro atoms. The van der Waals surface area contributed by atoms with E-state index in [-0.39, 0.29) is 12.3 Å². The Labute approximate surface area is 179 Å². The normalized spacial score (nSPS) is 16.7. The van der Waals surface area contributed by atoms with E-state index in [2.05, 4.69) is 10.2 Å². The number of carbonyl (C=O) groups is 1. The highest BCUT2D eigenvalue weighted by atomic mass is 19.4. The highest BCUT2D eigenvalue weighted by Gasteiger charge is 2.30. The molecule has 0 aliphatic carbocycles. The Balaban J connectivity index is 1.68. The molecule has 0 bridgehead atoms. The summed E-state index contributed by atoms with van der Waals surface area (Å²) >= 11 is 0. The molecule has 2 aromatic rings. The fraction of sp³-hybridized carbons (Fsp3) is 0.435. The molecular weight excluding hydrogens is 409 g/mol. The van der Waals surface area contributed by atoms with Crippen LogP contribution < -0.4 is 10.1 Å². The van der Waals surface area contributed by atoms with Gasteiger partial charge in [-0.3, -0.25) is 4.79 Å². The number of halogens is 3. The largest absolute Gasteiger partial charge is 0.497 e. The predicted molar refractivity (Wildman–Crippen MR) is 111 cm³/mol. The van der Waals surface area contributed by atoms with Crippen molar-refractivity contribution in [2.45, 2.75) is 37.6 Å². The fourth-order valence-corrected chi connectivity index (χ4v) is 3.76. The van der Waals surface area contributed by atoms with E-state index in [4.69, 9.17) is 4.74 Å². The van der Waals surface area contributed by atoms with Gasteiger partial charge in [0.05, 0.1) is 25.1 Å². The number of nitrogens with one attached hydrogen (secondary N) is 1. The van der Waals surface area contributed by atoms with E-state index in [0.29, 0.717) is 23.4 Å². The zero-order chi connectivity index (χ0) is 22.4. The third-order valence-electron chi connectivity index (χ3n) is 5.48. The molecule has 168 valence electrons. The van der Waals surface area contributed by atoms with Crippen molar-refractivity contribution in [3.05, 3.63) is 65.2 Å². The van der Waals surface area contributed by atoms with Crippen molar-refractivity contribution in [3.8, 4) is 5.75 Å². The predicted octanol–water partition coefficient (Wildman–Crippen LogP) is 3.57. The number of alkyl halides is 3. The van der Waals surface area contributed by atoms with Crippen LogP contribution in [0.1, 0.15) is 35.6 Å². The quantitative estimate of drug-likeness (QED) is 0.664. The van der Waals surface area contributed by atoms with Crippen LogP contribution in [-0.2, 0) is 17.4 Å². The molecule has 2 aromatic carbocycles. The van der Waals surface area contributed by atoms with Crippen molar-refractivity contribution in [2.75, 3.05) is 26.7 Å². The topological polar surface area (TPSA) is 61.8 Å². The van der Waals surface area contributed by atoms with Gasteiger partial charge in [0.25, 0.3) is 0 Å². The first-order chi connectivity index (χ1) is 14.8. The smallest absolute Gasteiger partial charge is 0.416 e. The fourth-order valence-electron chi connectivity index (χ4n) is 3.76. The number of aliphatic hydroxyl groups is 1. The van der Waals surface area contributed by atoms with E-state index in [9.17, 15) is 23.1 Å². The molecule has 2 atom stereocenters. The highest BCUT2D eigenvalue weighted by molar-refractivity contribution is 5.79. The molecule has 2 N–H and O–H groups in total. The average Bonchev–Trinajstić information content (AvgIpc) is 3.25. The molecule has 31 heavy (non-hydrogen) atoms. The highest BCUT2D eigenvalue weighted by Crippen LogP contribution is 2.29. The Bertz CT molecular complexity index is 848. The Morgan fingerprint density at radius 1 is 1.10 bits per heavy atom. The van der Waals surface area contributed by atoms with E-state index >= 15 is 0 Å². The van der Waals surface area contributed by atoms with Gasteiger partial charge in [-0.2, -0.15) is 13.2 Å². The molecule has 2 unspecified atom stereocenters. The van der Waals surface area contributed by atoms with Crippen molar-refractivity contribution < 1.29 is 27.8 Å². The molecule has 1 amide bonds. The lowest BCUT2D eigenvalue weighted by Crippen LogP contribution is -2.47. The van der Waals surface area contributed by atoms with E-state index in [1.165, 1.54) is 12.1 Å². The van der Waals surface area contributed by atoms with Crippen LogP contribution in [0.4, 0.5) is 13.2 Å². The second-order valence-corrected chi connectivity index (χ2v) is 7.77. The number of likely N-dealkylation sites (tertiary alicyclic amines) is 1. The summed E-state index contributed by atoms with van der Waals surface area (Å²) in [6, 6.07) is 11.0. The molecule has 3 rings (SSSR count). The van der Waals surface area contributed by atoms with Crippen LogP contribution in [-0.4, -0.2) is 48.7 Å². The maximum absolute atomic E-state index is 12.7. The van der Waals surface area contributed by atoms with Gasteiger partial charge < -0.3 is 20.1 Å². The minimum Gasteiger partial charge on any atom is -0.497 e. The van der Waals surface area contributed by atoms with Gasteiger partial charge in [0.2, 0.25) is 5.91 Å². The molecule has 1 aliphatic heterocycles. The average molecular weight is 436 g/mol. The van der Waals surface area contributed by atoms with Crippen LogP contribution in [0.15, 0.2) is 48.5 Å². The first-order valence-corrected chi connectivity index (χ1v) is 10.3. The lowest BCUT2D eigenvalue weighted by atomic mass is 10.0. The zero-order valence-corrected chi connectivity index (χ0v) is 17.4. The van der Waals surface area contributed by atoms with Crippen molar-refractivity contribution in [1.82, 2.24) is 10.2 Å². The number of ether oxygens (including phenoxy) is 1.